The summed E-state index contributed by atoms with van der Waals surface area (Å²) in [6.45, 7) is 8.02. The molecule has 0 heterocycles. The van der Waals surface area contributed by atoms with Crippen molar-refractivity contribution in [3.05, 3.63) is 29.8 Å². The van der Waals surface area contributed by atoms with E-state index in [0.717, 1.165) is 5.69 Å². The van der Waals surface area contributed by atoms with Gasteiger partial charge >= 0.3 is 0 Å². The van der Waals surface area contributed by atoms with Crippen molar-refractivity contribution in [2.75, 3.05) is 19.4 Å². The summed E-state index contributed by atoms with van der Waals surface area (Å²) in [5, 5.41) is 6.39. The summed E-state index contributed by atoms with van der Waals surface area (Å²) in [7, 11) is 4.16. The highest BCUT2D eigenvalue weighted by Gasteiger charge is 2.22. The number of anilines is 1. The van der Waals surface area contributed by atoms with E-state index in [4.69, 9.17) is 0 Å². The average Bonchev–Trinajstić information content (AvgIpc) is 2.26. The van der Waals surface area contributed by atoms with Gasteiger partial charge in [-0.05, 0) is 38.7 Å². The van der Waals surface area contributed by atoms with Crippen LogP contribution in [0, 0.1) is 0 Å². The number of hydrogen-bond donors (Lipinski definition) is 2. The third-order valence-electron chi connectivity index (χ3n) is 3.17. The first-order valence-electron chi connectivity index (χ1n) is 7.11. The van der Waals surface area contributed by atoms with Crippen LogP contribution in [0.25, 0.3) is 0 Å². The molecule has 0 saturated carbocycles. The van der Waals surface area contributed by atoms with Crippen molar-refractivity contribution in [2.24, 2.45) is 0 Å². The van der Waals surface area contributed by atoms with E-state index in [1.807, 2.05) is 18.2 Å². The Morgan fingerprint density at radius 3 is 2.35 bits per heavy atom. The minimum Gasteiger partial charge on any atom is -0.326 e. The summed E-state index contributed by atoms with van der Waals surface area (Å²) >= 11 is 0. The highest BCUT2D eigenvalue weighted by Crippen LogP contribution is 2.25. The second-order valence-electron chi connectivity index (χ2n) is 5.83. The number of nitrogens with zero attached hydrogens (tertiary/aromatic N) is 1. The smallest absolute Gasteiger partial charge is 0.221 e. The van der Waals surface area contributed by atoms with Gasteiger partial charge in [-0.15, -0.1) is 0 Å². The van der Waals surface area contributed by atoms with Gasteiger partial charge in [0, 0.05) is 30.7 Å². The number of amides is 1. The zero-order valence-corrected chi connectivity index (χ0v) is 13.4. The predicted octanol–water partition coefficient (Wildman–Crippen LogP) is 2.63. The molecular weight excluding hydrogens is 250 g/mol. The number of carbonyl (C=O) groups excluding carboxylic acids is 1. The molecule has 2 atom stereocenters. The number of nitrogens with one attached hydrogen (secondary N) is 2. The summed E-state index contributed by atoms with van der Waals surface area (Å²) < 4.78 is 0. The van der Waals surface area contributed by atoms with Crippen LogP contribution in [0.2, 0.25) is 0 Å². The number of likely N-dealkylation sites (N-methyl/N-ethyl adjacent to an activating group) is 1. The molecule has 1 aromatic rings. The van der Waals surface area contributed by atoms with Crippen LogP contribution >= 0.6 is 0 Å². The zero-order chi connectivity index (χ0) is 15.3. The molecule has 2 N–H and O–H groups in total. The lowest BCUT2D eigenvalue weighted by molar-refractivity contribution is -0.114. The van der Waals surface area contributed by atoms with Crippen LogP contribution < -0.4 is 10.6 Å². The maximum absolute atomic E-state index is 11.2. The van der Waals surface area contributed by atoms with Crippen LogP contribution in [0.5, 0.6) is 0 Å². The molecule has 0 radical (unpaired) electrons. The van der Waals surface area contributed by atoms with Gasteiger partial charge in [0.25, 0.3) is 0 Å². The van der Waals surface area contributed by atoms with E-state index < -0.39 is 0 Å². The van der Waals surface area contributed by atoms with Crippen molar-refractivity contribution in [3.8, 4) is 0 Å². The van der Waals surface area contributed by atoms with Gasteiger partial charge in [-0.2, -0.15) is 0 Å². The first-order valence-corrected chi connectivity index (χ1v) is 7.11. The first-order chi connectivity index (χ1) is 9.31. The minimum atomic E-state index is -0.0445. The molecule has 0 saturated heterocycles. The maximum Gasteiger partial charge on any atom is 0.221 e. The molecule has 4 nitrogen and oxygen atoms in total. The Labute approximate surface area is 122 Å². The molecule has 4 heteroatoms. The third-order valence-corrected chi connectivity index (χ3v) is 3.17. The lowest BCUT2D eigenvalue weighted by Crippen LogP contribution is -2.42. The van der Waals surface area contributed by atoms with E-state index in [2.05, 4.69) is 56.5 Å². The Morgan fingerprint density at radius 2 is 1.85 bits per heavy atom. The molecule has 0 bridgehead atoms. The Hall–Kier alpha value is -1.39. The molecule has 0 spiro atoms. The standard InChI is InChI=1S/C16H27N3O/c1-11(2)17-12(3)16(19(5)6)14-8-7-9-15(10-14)18-13(4)20/h7-12,16-17H,1-6H3,(H,18,20)/t12-,16+/m0/s1. The molecule has 0 aromatic heterocycles. The van der Waals surface area contributed by atoms with Crippen LogP contribution in [-0.4, -0.2) is 37.0 Å². The second kappa shape index (κ2) is 7.41. The lowest BCUT2D eigenvalue weighted by Gasteiger charge is -2.32. The molecule has 0 fully saturated rings. The van der Waals surface area contributed by atoms with Crippen molar-refractivity contribution in [2.45, 2.75) is 45.8 Å². The fraction of sp³-hybridized carbons (Fsp3) is 0.562. The topological polar surface area (TPSA) is 44.4 Å². The Morgan fingerprint density at radius 1 is 1.20 bits per heavy atom. The van der Waals surface area contributed by atoms with E-state index >= 15 is 0 Å². The van der Waals surface area contributed by atoms with E-state index in [1.165, 1.54) is 12.5 Å². The minimum absolute atomic E-state index is 0.0445. The number of benzene rings is 1. The van der Waals surface area contributed by atoms with Crippen LogP contribution in [0.15, 0.2) is 24.3 Å². The van der Waals surface area contributed by atoms with Gasteiger partial charge in [-0.25, -0.2) is 0 Å². The van der Waals surface area contributed by atoms with Gasteiger partial charge in [0.2, 0.25) is 5.91 Å². The van der Waals surface area contributed by atoms with Gasteiger partial charge in [-0.1, -0.05) is 26.0 Å². The largest absolute Gasteiger partial charge is 0.326 e. The van der Waals surface area contributed by atoms with Gasteiger partial charge < -0.3 is 15.5 Å². The fourth-order valence-corrected chi connectivity index (χ4v) is 2.65. The summed E-state index contributed by atoms with van der Waals surface area (Å²) in [5.74, 6) is -0.0445. The normalized spacial score (nSPS) is 14.4. The monoisotopic (exact) mass is 277 g/mol. The molecule has 0 aliphatic rings. The number of rotatable bonds is 6. The van der Waals surface area contributed by atoms with Crippen molar-refractivity contribution >= 4 is 11.6 Å². The van der Waals surface area contributed by atoms with Gasteiger partial charge in [0.15, 0.2) is 0 Å². The summed E-state index contributed by atoms with van der Waals surface area (Å²) in [6.07, 6.45) is 0. The summed E-state index contributed by atoms with van der Waals surface area (Å²) in [5.41, 5.74) is 2.04. The SMILES string of the molecule is CC(=O)Nc1cccc([C@@H]([C@H](C)NC(C)C)N(C)C)c1. The summed E-state index contributed by atoms with van der Waals surface area (Å²) in [4.78, 5) is 13.4. The number of carbonyl (C=O) groups is 1. The van der Waals surface area contributed by atoms with E-state index in [1.54, 1.807) is 0 Å². The van der Waals surface area contributed by atoms with Crippen LogP contribution in [0.3, 0.4) is 0 Å². The first kappa shape index (κ1) is 16.7. The van der Waals surface area contributed by atoms with Crippen LogP contribution in [0.1, 0.15) is 39.3 Å². The maximum atomic E-state index is 11.2. The lowest BCUT2D eigenvalue weighted by atomic mass is 9.98. The molecule has 0 aliphatic heterocycles. The Kier molecular flexibility index (Phi) is 6.17. The van der Waals surface area contributed by atoms with Crippen LogP contribution in [-0.2, 0) is 4.79 Å². The van der Waals surface area contributed by atoms with Crippen molar-refractivity contribution in [3.63, 3.8) is 0 Å². The van der Waals surface area contributed by atoms with Gasteiger partial charge in [0.05, 0.1) is 0 Å². The van der Waals surface area contributed by atoms with Crippen molar-refractivity contribution in [1.82, 2.24) is 10.2 Å². The fourth-order valence-electron chi connectivity index (χ4n) is 2.65. The quantitative estimate of drug-likeness (QED) is 0.840. The number of hydrogen-bond acceptors (Lipinski definition) is 3. The van der Waals surface area contributed by atoms with E-state index in [-0.39, 0.29) is 11.9 Å². The molecule has 0 unspecified atom stereocenters. The molecular formula is C16H27N3O. The van der Waals surface area contributed by atoms with Gasteiger partial charge in [-0.3, -0.25) is 4.79 Å². The predicted molar refractivity (Wildman–Crippen MR) is 84.9 cm³/mol. The molecule has 20 heavy (non-hydrogen) atoms. The summed E-state index contributed by atoms with van der Waals surface area (Å²) in [6, 6.07) is 9.06. The second-order valence-corrected chi connectivity index (χ2v) is 5.83. The van der Waals surface area contributed by atoms with E-state index in [9.17, 15) is 4.79 Å². The molecule has 1 rings (SSSR count). The molecule has 1 aromatic carbocycles. The van der Waals surface area contributed by atoms with E-state index in [0.29, 0.717) is 12.1 Å². The van der Waals surface area contributed by atoms with Crippen molar-refractivity contribution in [1.29, 1.82) is 0 Å². The van der Waals surface area contributed by atoms with Crippen LogP contribution in [0.4, 0.5) is 5.69 Å². The average molecular weight is 277 g/mol. The van der Waals surface area contributed by atoms with Gasteiger partial charge in [0.1, 0.15) is 0 Å². The van der Waals surface area contributed by atoms with Crippen molar-refractivity contribution < 1.29 is 4.79 Å². The molecule has 1 amide bonds. The zero-order valence-electron chi connectivity index (χ0n) is 13.4. The Balaban J connectivity index is 2.99. The highest BCUT2D eigenvalue weighted by molar-refractivity contribution is 5.88. The molecule has 112 valence electrons. The Bertz CT molecular complexity index is 443. The highest BCUT2D eigenvalue weighted by atomic mass is 16.1. The molecule has 0 aliphatic carbocycles. The third kappa shape index (κ3) is 4.94.